The van der Waals surface area contributed by atoms with E-state index in [-0.39, 0.29) is 29.4 Å². The number of carbonyl (C=O) groups is 4. The van der Waals surface area contributed by atoms with Crippen molar-refractivity contribution in [3.63, 3.8) is 0 Å². The number of pyridine rings is 2. The van der Waals surface area contributed by atoms with Gasteiger partial charge < -0.3 is 23.8 Å². The molecule has 4 aromatic rings. The van der Waals surface area contributed by atoms with Gasteiger partial charge in [-0.3, -0.25) is 39.1 Å². The molecule has 0 saturated carbocycles. The van der Waals surface area contributed by atoms with Crippen LogP contribution in [0.2, 0.25) is 0 Å². The molecule has 14 nitrogen and oxygen atoms in total. The lowest BCUT2D eigenvalue weighted by molar-refractivity contribution is -0.136. The fraction of sp³-hybridized carbons (Fsp3) is 0.400. The number of fused-ring (bicyclic) bond motifs is 2. The maximum Gasteiger partial charge on any atom is 0.262 e. The molecule has 0 bridgehead atoms. The molecule has 4 amide bonds. The minimum atomic E-state index is -0.981. The van der Waals surface area contributed by atoms with Crippen molar-refractivity contribution in [2.24, 2.45) is 12.5 Å². The highest BCUT2D eigenvalue weighted by atomic mass is 16.5. The van der Waals surface area contributed by atoms with E-state index >= 15 is 0 Å². The van der Waals surface area contributed by atoms with Crippen molar-refractivity contribution in [2.75, 3.05) is 63.3 Å². The van der Waals surface area contributed by atoms with Crippen LogP contribution in [-0.2, 0) is 23.2 Å². The number of hydrogen-bond donors (Lipinski definition) is 1. The number of aromatic nitrogens is 2. The first-order valence-electron chi connectivity index (χ1n) is 18.4. The average Bonchev–Trinajstić information content (AvgIpc) is 3.99. The van der Waals surface area contributed by atoms with Crippen LogP contribution in [0.4, 0.5) is 11.5 Å². The Bertz CT molecular complexity index is 2310. The van der Waals surface area contributed by atoms with Gasteiger partial charge in [-0.1, -0.05) is 0 Å². The smallest absolute Gasteiger partial charge is 0.262 e. The van der Waals surface area contributed by atoms with Crippen LogP contribution in [0.3, 0.4) is 0 Å². The zero-order valence-corrected chi connectivity index (χ0v) is 30.5. The number of imide groups is 2. The lowest BCUT2D eigenvalue weighted by Crippen LogP contribution is -2.60. The van der Waals surface area contributed by atoms with E-state index < -0.39 is 29.7 Å². The number of nitrogens with zero attached hydrogens (tertiary/aromatic N) is 6. The highest BCUT2D eigenvalue weighted by Gasteiger charge is 2.47. The first kappa shape index (κ1) is 34.0. The number of aryl methyl sites for hydroxylation is 1. The largest absolute Gasteiger partial charge is 0.496 e. The lowest BCUT2D eigenvalue weighted by atomic mass is 9.71. The summed E-state index contributed by atoms with van der Waals surface area (Å²) in [5.41, 5.74) is 4.30. The molecule has 14 heteroatoms. The average molecular weight is 732 g/mol. The quantitative estimate of drug-likeness (QED) is 0.211. The Morgan fingerprint density at radius 3 is 2.20 bits per heavy atom. The molecule has 9 rings (SSSR count). The molecule has 1 atom stereocenters. The van der Waals surface area contributed by atoms with Gasteiger partial charge in [0.1, 0.15) is 23.4 Å². The Balaban J connectivity index is 0.883. The second kappa shape index (κ2) is 12.7. The topological polar surface area (TPSA) is 146 Å². The number of nitrogens with one attached hydrogen (secondary N) is 1. The van der Waals surface area contributed by atoms with Gasteiger partial charge in [0.15, 0.2) is 0 Å². The summed E-state index contributed by atoms with van der Waals surface area (Å²) >= 11 is 0. The van der Waals surface area contributed by atoms with Gasteiger partial charge in [-0.05, 0) is 74.3 Å². The first-order valence-corrected chi connectivity index (χ1v) is 18.4. The third-order valence-corrected chi connectivity index (χ3v) is 11.9. The summed E-state index contributed by atoms with van der Waals surface area (Å²) in [6.45, 7) is 6.08. The molecule has 1 unspecified atom stereocenters. The number of anilines is 2. The predicted molar refractivity (Wildman–Crippen MR) is 200 cm³/mol. The van der Waals surface area contributed by atoms with Crippen LogP contribution in [0, 0.1) is 5.41 Å². The van der Waals surface area contributed by atoms with E-state index in [0.717, 1.165) is 102 Å². The van der Waals surface area contributed by atoms with Gasteiger partial charge in [0.2, 0.25) is 11.8 Å². The van der Waals surface area contributed by atoms with Crippen molar-refractivity contribution < 1.29 is 28.7 Å². The summed E-state index contributed by atoms with van der Waals surface area (Å²) in [6.07, 6.45) is 5.78. The molecular formula is C40H41N7O7. The lowest BCUT2D eigenvalue weighted by Gasteiger charge is -2.55. The maximum absolute atomic E-state index is 13.4. The number of benzene rings is 2. The molecule has 54 heavy (non-hydrogen) atoms. The summed E-state index contributed by atoms with van der Waals surface area (Å²) < 4.78 is 13.6. The number of piperidine rings is 2. The number of carbonyl (C=O) groups excluding carboxylic acids is 4. The summed E-state index contributed by atoms with van der Waals surface area (Å²) in [5.74, 6) is 0.319. The monoisotopic (exact) mass is 731 g/mol. The minimum Gasteiger partial charge on any atom is -0.496 e. The van der Waals surface area contributed by atoms with E-state index in [4.69, 9.17) is 9.47 Å². The molecule has 278 valence electrons. The molecule has 1 N–H and O–H groups in total. The fourth-order valence-corrected chi connectivity index (χ4v) is 8.65. The van der Waals surface area contributed by atoms with E-state index in [9.17, 15) is 24.0 Å². The highest BCUT2D eigenvalue weighted by molar-refractivity contribution is 6.23. The molecule has 2 aromatic heterocycles. The van der Waals surface area contributed by atoms with E-state index in [0.29, 0.717) is 17.5 Å². The third-order valence-electron chi connectivity index (χ3n) is 11.9. The SMILES string of the molecule is COc1cc(-c2cn(C)c(=O)c3cnc(N4CC4)cc23)cc(OC)c1CN1CCC2(CC1)CN(c1ccc3c(c1)C(=O)N(C1CCC(=O)NC1=O)C3=O)C2. The van der Waals surface area contributed by atoms with Gasteiger partial charge in [0.25, 0.3) is 17.4 Å². The van der Waals surface area contributed by atoms with Gasteiger partial charge in [0, 0.05) is 80.6 Å². The standard InChI is InChI=1S/C40H41N7O7/c1-43-19-29(26-17-34(45-12-13-45)41-18-28(26)37(43)50)23-14-32(53-2)30(33(15-23)54-3)20-44-10-8-40(9-11-44)21-46(22-40)24-4-5-25-27(16-24)39(52)47(38(25)51)31-6-7-35(48)42-36(31)49/h4-5,14-19,31H,6-13,20-22H2,1-3H3,(H,42,48,49). The van der Waals surface area contributed by atoms with E-state index in [1.54, 1.807) is 44.2 Å². The van der Waals surface area contributed by atoms with Crippen LogP contribution in [0.25, 0.3) is 21.9 Å². The van der Waals surface area contributed by atoms with Crippen LogP contribution in [0.5, 0.6) is 11.5 Å². The van der Waals surface area contributed by atoms with E-state index in [1.165, 1.54) is 0 Å². The highest BCUT2D eigenvalue weighted by Crippen LogP contribution is 2.45. The third kappa shape index (κ3) is 5.58. The summed E-state index contributed by atoms with van der Waals surface area (Å²) in [6, 6.07) is 10.4. The Hall–Kier alpha value is -5.76. The number of rotatable bonds is 8. The molecule has 4 fully saturated rings. The van der Waals surface area contributed by atoms with Crippen molar-refractivity contribution in [3.8, 4) is 22.6 Å². The summed E-state index contributed by atoms with van der Waals surface area (Å²) in [7, 11) is 5.10. The van der Waals surface area contributed by atoms with Crippen molar-refractivity contribution in [2.45, 2.75) is 38.3 Å². The van der Waals surface area contributed by atoms with Crippen molar-refractivity contribution in [1.82, 2.24) is 24.7 Å². The molecule has 7 heterocycles. The second-order valence-corrected chi connectivity index (χ2v) is 15.2. The van der Waals surface area contributed by atoms with Crippen LogP contribution in [0.15, 0.2) is 53.6 Å². The predicted octanol–water partition coefficient (Wildman–Crippen LogP) is 2.94. The zero-order chi connectivity index (χ0) is 37.5. The van der Waals surface area contributed by atoms with Gasteiger partial charge in [-0.15, -0.1) is 0 Å². The number of hydrogen-bond acceptors (Lipinski definition) is 11. The van der Waals surface area contributed by atoms with Gasteiger partial charge in [0.05, 0.1) is 36.3 Å². The molecule has 2 aromatic carbocycles. The number of ether oxygens (including phenoxy) is 2. The van der Waals surface area contributed by atoms with Crippen molar-refractivity contribution in [3.05, 3.63) is 75.8 Å². The van der Waals surface area contributed by atoms with E-state index in [2.05, 4.69) is 25.0 Å². The van der Waals surface area contributed by atoms with Crippen molar-refractivity contribution >= 4 is 45.9 Å². The van der Waals surface area contributed by atoms with Gasteiger partial charge in [-0.25, -0.2) is 4.98 Å². The first-order chi connectivity index (χ1) is 26.1. The summed E-state index contributed by atoms with van der Waals surface area (Å²) in [4.78, 5) is 76.1. The Morgan fingerprint density at radius 1 is 0.833 bits per heavy atom. The molecule has 0 aliphatic carbocycles. The second-order valence-electron chi connectivity index (χ2n) is 15.2. The number of amides is 4. The Labute approximate surface area is 311 Å². The summed E-state index contributed by atoms with van der Waals surface area (Å²) in [5, 5.41) is 3.65. The Kier molecular flexibility index (Phi) is 7.99. The number of likely N-dealkylation sites (tertiary alicyclic amines) is 1. The van der Waals surface area contributed by atoms with Gasteiger partial charge >= 0.3 is 0 Å². The molecule has 5 aliphatic rings. The van der Waals surface area contributed by atoms with Crippen LogP contribution in [0.1, 0.15) is 52.0 Å². The molecule has 0 radical (unpaired) electrons. The normalized spacial score (nSPS) is 20.7. The minimum absolute atomic E-state index is 0.0870. The van der Waals surface area contributed by atoms with Crippen molar-refractivity contribution in [1.29, 1.82) is 0 Å². The maximum atomic E-state index is 13.4. The molecular weight excluding hydrogens is 690 g/mol. The Morgan fingerprint density at radius 2 is 1.54 bits per heavy atom. The van der Waals surface area contributed by atoms with Gasteiger partial charge in [-0.2, -0.15) is 0 Å². The molecule has 1 spiro atoms. The zero-order valence-electron chi connectivity index (χ0n) is 30.5. The van der Waals surface area contributed by atoms with Crippen LogP contribution >= 0.6 is 0 Å². The molecule has 4 saturated heterocycles. The van der Waals surface area contributed by atoms with Crippen LogP contribution < -0.4 is 30.1 Å². The van der Waals surface area contributed by atoms with E-state index in [1.807, 2.05) is 30.5 Å². The molecule has 5 aliphatic heterocycles. The van der Waals surface area contributed by atoms with Crippen LogP contribution in [-0.4, -0.2) is 103 Å². The fourth-order valence-electron chi connectivity index (χ4n) is 8.65. The number of methoxy groups -OCH3 is 2.